The number of rotatable bonds is 38. The molecule has 1 fully saturated rings. The molecular formula is C68H105N11O15. The molecule has 2 aliphatic rings. The number of carbonyl (C=O) groups excluding carboxylic acids is 11. The zero-order valence-electron chi connectivity index (χ0n) is 57.4. The van der Waals surface area contributed by atoms with E-state index in [1.807, 2.05) is 32.0 Å². The average Bonchev–Trinajstić information content (AvgIpc) is 1.33. The largest absolute Gasteiger partial charge is 0.445 e. The van der Waals surface area contributed by atoms with Gasteiger partial charge in [0.05, 0.1) is 48.8 Å². The number of carbonyl (C=O) groups is 11. The van der Waals surface area contributed by atoms with Gasteiger partial charge in [0.15, 0.2) is 0 Å². The van der Waals surface area contributed by atoms with Crippen molar-refractivity contribution >= 4 is 71.0 Å². The number of nitrogens with one attached hydrogen (secondary N) is 6. The molecule has 0 bridgehead atoms. The quantitative estimate of drug-likeness (QED) is 0.0321. The maximum Gasteiger partial charge on any atom is 0.410 e. The summed E-state index contributed by atoms with van der Waals surface area (Å²) in [6.45, 7) is 18.6. The van der Waals surface area contributed by atoms with Gasteiger partial charge in [0.2, 0.25) is 41.4 Å². The van der Waals surface area contributed by atoms with Crippen LogP contribution >= 0.6 is 0 Å². The number of nitrogens with zero attached hydrogens (tertiary/aromatic N) is 4. The van der Waals surface area contributed by atoms with Gasteiger partial charge in [0.1, 0.15) is 30.8 Å². The van der Waals surface area contributed by atoms with Crippen LogP contribution in [0, 0.1) is 29.6 Å². The lowest BCUT2D eigenvalue weighted by atomic mass is 9.89. The number of hydrogen-bond acceptors (Lipinski definition) is 15. The SMILES string of the molecule is CC[C@@H](C)[C@H]([C@H](CC(=O)N1CCC[C@@H]1[C@@H](OC)[C@H](C)C(=O)N[C@@H](C)[C@H](O)c1ccccc1)OC)N(C)C(=O)[C@H](NC(=O)[C@@H](C(C)C)N(C)C(=O)OCc1ccc(NC(=O)[C@@H](CCCNC(N)=O)NC(=O)[C@H](NC(=O)CCCCCN2C(=O)C=CC2=O)C(C)C)cc1)C(C)C. The number of urea groups is 1. The second-order valence-corrected chi connectivity index (χ2v) is 25.8. The highest BCUT2D eigenvalue weighted by molar-refractivity contribution is 6.12. The Kier molecular flexibility index (Phi) is 32.1. The Morgan fingerprint density at radius 1 is 0.713 bits per heavy atom. The number of unbranched alkanes of at least 4 members (excludes halogenated alkanes) is 2. The number of methoxy groups -OCH3 is 2. The number of aliphatic hydroxyl groups is 1. The Balaban J connectivity index is 1.37. The molecule has 0 spiro atoms. The van der Waals surface area contributed by atoms with E-state index < -0.39 is 114 Å². The minimum Gasteiger partial charge on any atom is -0.445 e. The third-order valence-electron chi connectivity index (χ3n) is 17.7. The van der Waals surface area contributed by atoms with Crippen LogP contribution in [0.25, 0.3) is 0 Å². The Labute approximate surface area is 554 Å². The van der Waals surface area contributed by atoms with Gasteiger partial charge in [0, 0.05) is 72.2 Å². The Morgan fingerprint density at radius 2 is 1.35 bits per heavy atom. The number of aliphatic hydroxyl groups excluding tert-OH is 1. The number of anilines is 1. The summed E-state index contributed by atoms with van der Waals surface area (Å²) in [5.74, 6) is -6.02. The molecule has 4 rings (SSSR count). The third-order valence-corrected chi connectivity index (χ3v) is 17.7. The fourth-order valence-electron chi connectivity index (χ4n) is 12.1. The fraction of sp³-hybridized carbons (Fsp3) is 0.632. The summed E-state index contributed by atoms with van der Waals surface area (Å²) in [5, 5.41) is 27.6. The molecule has 2 aromatic rings. The Hall–Kier alpha value is -7.97. The van der Waals surface area contributed by atoms with Gasteiger partial charge in [0.25, 0.3) is 11.8 Å². The molecule has 522 valence electrons. The smallest absolute Gasteiger partial charge is 0.410 e. The molecule has 26 heteroatoms. The first kappa shape index (κ1) is 78.5. The van der Waals surface area contributed by atoms with E-state index in [4.69, 9.17) is 19.9 Å². The number of benzene rings is 2. The van der Waals surface area contributed by atoms with Crippen molar-refractivity contribution in [3.8, 4) is 0 Å². The highest BCUT2D eigenvalue weighted by atomic mass is 16.6. The van der Waals surface area contributed by atoms with Crippen LogP contribution in [0.4, 0.5) is 15.3 Å². The van der Waals surface area contributed by atoms with E-state index in [-0.39, 0.29) is 86.8 Å². The predicted octanol–water partition coefficient (Wildman–Crippen LogP) is 5.08. The molecule has 2 aromatic carbocycles. The van der Waals surface area contributed by atoms with Crippen molar-refractivity contribution in [1.82, 2.24) is 46.2 Å². The maximum atomic E-state index is 14.8. The van der Waals surface area contributed by atoms with Crippen LogP contribution in [-0.4, -0.2) is 192 Å². The molecule has 1 saturated heterocycles. The number of nitrogens with two attached hydrogens (primary N) is 1. The van der Waals surface area contributed by atoms with Crippen molar-refractivity contribution in [3.63, 3.8) is 0 Å². The van der Waals surface area contributed by atoms with E-state index in [9.17, 15) is 57.8 Å². The number of likely N-dealkylation sites (tertiary alicyclic amines) is 1. The zero-order chi connectivity index (χ0) is 70.1. The molecule has 9 N–H and O–H groups in total. The zero-order valence-corrected chi connectivity index (χ0v) is 57.4. The van der Waals surface area contributed by atoms with E-state index in [2.05, 4.69) is 31.9 Å². The Morgan fingerprint density at radius 3 is 1.93 bits per heavy atom. The molecule has 0 saturated carbocycles. The second-order valence-electron chi connectivity index (χ2n) is 25.8. The number of ether oxygens (including phenoxy) is 3. The summed E-state index contributed by atoms with van der Waals surface area (Å²) in [6, 6.07) is 8.74. The van der Waals surface area contributed by atoms with Gasteiger partial charge in [-0.3, -0.25) is 53.0 Å². The lowest BCUT2D eigenvalue weighted by Crippen LogP contribution is -2.60. The number of primary amides is 1. The average molecular weight is 1320 g/mol. The summed E-state index contributed by atoms with van der Waals surface area (Å²) in [7, 11) is 6.08. The number of amides is 12. The molecular weight excluding hydrogens is 1210 g/mol. The summed E-state index contributed by atoms with van der Waals surface area (Å²) in [6.07, 6.45) is 2.94. The highest BCUT2D eigenvalue weighted by Crippen LogP contribution is 2.31. The van der Waals surface area contributed by atoms with E-state index in [1.54, 1.807) is 109 Å². The monoisotopic (exact) mass is 1320 g/mol. The van der Waals surface area contributed by atoms with Crippen LogP contribution in [0.5, 0.6) is 0 Å². The standard InChI is InChI=1S/C68H105N11O15/c1-15-43(8)59(51(92-13)38-55(83)78-37-23-27-50(78)61(93-14)44(9)62(85)71-45(10)60(84)47-24-18-16-19-25-47)76(11)66(89)57(41(4)5)75-65(88)58(42(6)7)77(12)68(91)94-39-46-29-31-48(32-30-46)72-63(86)49(26-22-35-70-67(69)90)73-64(87)56(40(2)3)74-52(80)28-20-17-21-36-79-53(81)33-34-54(79)82/h16,18-19,24-25,29-34,40-45,49-51,56-61,84H,15,17,20-23,26-28,35-39H2,1-14H3,(H,71,85)(H,72,86)(H,73,87)(H,74,80)(H,75,88)(H3,69,70,90)/t43-,44+,45+,49-,50-,51+,56-,57-,58-,59-,60+,61+/m1/s1. The van der Waals surface area contributed by atoms with Crippen molar-refractivity contribution < 1.29 is 72.1 Å². The van der Waals surface area contributed by atoms with Crippen LogP contribution < -0.4 is 37.6 Å². The highest BCUT2D eigenvalue weighted by Gasteiger charge is 2.44. The maximum absolute atomic E-state index is 14.8. The molecule has 12 amide bonds. The first-order chi connectivity index (χ1) is 44.5. The summed E-state index contributed by atoms with van der Waals surface area (Å²) in [4.78, 5) is 152. The van der Waals surface area contributed by atoms with Crippen molar-refractivity contribution in [2.75, 3.05) is 53.3 Å². The van der Waals surface area contributed by atoms with E-state index in [0.717, 1.165) is 4.90 Å². The van der Waals surface area contributed by atoms with Gasteiger partial charge in [-0.2, -0.15) is 0 Å². The van der Waals surface area contributed by atoms with Crippen LogP contribution in [0.1, 0.15) is 151 Å². The van der Waals surface area contributed by atoms with E-state index in [0.29, 0.717) is 61.9 Å². The minimum atomic E-state index is -1.11. The predicted molar refractivity (Wildman–Crippen MR) is 353 cm³/mol. The lowest BCUT2D eigenvalue weighted by Gasteiger charge is -2.41. The first-order valence-corrected chi connectivity index (χ1v) is 32.9. The molecule has 0 unspecified atom stereocenters. The minimum absolute atomic E-state index is 0.0841. The molecule has 2 aliphatic heterocycles. The summed E-state index contributed by atoms with van der Waals surface area (Å²) < 4.78 is 17.7. The van der Waals surface area contributed by atoms with Gasteiger partial charge in [-0.25, -0.2) is 9.59 Å². The van der Waals surface area contributed by atoms with Crippen LogP contribution in [0.15, 0.2) is 66.7 Å². The molecule has 94 heavy (non-hydrogen) atoms. The van der Waals surface area contributed by atoms with Crippen molar-refractivity contribution in [1.29, 1.82) is 0 Å². The van der Waals surface area contributed by atoms with Gasteiger partial charge < -0.3 is 66.8 Å². The summed E-state index contributed by atoms with van der Waals surface area (Å²) >= 11 is 0. The number of hydrogen-bond donors (Lipinski definition) is 8. The molecule has 12 atom stereocenters. The normalized spacial score (nSPS) is 17.4. The number of likely N-dealkylation sites (N-methyl/N-ethyl adjacent to an activating group) is 2. The van der Waals surface area contributed by atoms with Gasteiger partial charge in [-0.1, -0.05) is 118 Å². The van der Waals surface area contributed by atoms with Crippen molar-refractivity contribution in [2.45, 2.75) is 201 Å². The molecule has 0 aromatic heterocycles. The van der Waals surface area contributed by atoms with Crippen LogP contribution in [0.2, 0.25) is 0 Å². The molecule has 2 heterocycles. The number of imide groups is 1. The van der Waals surface area contributed by atoms with Crippen LogP contribution in [0.3, 0.4) is 0 Å². The van der Waals surface area contributed by atoms with Crippen molar-refractivity contribution in [2.24, 2.45) is 35.3 Å². The Bertz CT molecular complexity index is 2880. The first-order valence-electron chi connectivity index (χ1n) is 32.9. The van der Waals surface area contributed by atoms with E-state index in [1.165, 1.54) is 38.3 Å². The summed E-state index contributed by atoms with van der Waals surface area (Å²) in [5.41, 5.74) is 6.77. The van der Waals surface area contributed by atoms with Crippen LogP contribution in [-0.2, 0) is 64.0 Å². The van der Waals surface area contributed by atoms with Gasteiger partial charge in [-0.05, 0) is 92.4 Å². The van der Waals surface area contributed by atoms with E-state index >= 15 is 0 Å². The topological polar surface area (TPSA) is 347 Å². The third kappa shape index (κ3) is 22.9. The van der Waals surface area contributed by atoms with Crippen molar-refractivity contribution in [3.05, 3.63) is 77.9 Å². The second kappa shape index (κ2) is 38.4. The molecule has 0 aliphatic carbocycles. The fourth-order valence-corrected chi connectivity index (χ4v) is 12.1. The molecule has 0 radical (unpaired) electrons. The lowest BCUT2D eigenvalue weighted by molar-refractivity contribution is -0.148. The molecule has 26 nitrogen and oxygen atoms in total. The van der Waals surface area contributed by atoms with Gasteiger partial charge in [-0.15, -0.1) is 0 Å². The van der Waals surface area contributed by atoms with Gasteiger partial charge >= 0.3 is 12.1 Å².